The fourth-order valence-corrected chi connectivity index (χ4v) is 3.39. The Balaban J connectivity index is 1.78. The number of carbonyl (C=O) groups excluding carboxylic acids is 1. The zero-order valence-corrected chi connectivity index (χ0v) is 15.0. The molecule has 1 amide bonds. The Kier molecular flexibility index (Phi) is 5.16. The van der Waals surface area contributed by atoms with Crippen molar-refractivity contribution in [2.75, 3.05) is 38.3 Å². The van der Waals surface area contributed by atoms with Gasteiger partial charge in [-0.1, -0.05) is 6.07 Å². The SMILES string of the molecule is COCCN1C(=O)C(=Cc2ccc(N3CCCC3)cc2C)NC1=S. The normalized spacial score (nSPS) is 19.5. The third-order valence-corrected chi connectivity index (χ3v) is 4.83. The van der Waals surface area contributed by atoms with Crippen LogP contribution in [0.2, 0.25) is 0 Å². The van der Waals surface area contributed by atoms with E-state index >= 15 is 0 Å². The van der Waals surface area contributed by atoms with Gasteiger partial charge < -0.3 is 15.0 Å². The molecule has 1 aromatic carbocycles. The highest BCUT2D eigenvalue weighted by Gasteiger charge is 2.30. The minimum atomic E-state index is -0.0972. The number of carbonyl (C=O) groups is 1. The summed E-state index contributed by atoms with van der Waals surface area (Å²) in [4.78, 5) is 16.4. The molecular formula is C18H23N3O2S. The van der Waals surface area contributed by atoms with E-state index in [1.165, 1.54) is 18.5 Å². The second kappa shape index (κ2) is 7.32. The van der Waals surface area contributed by atoms with Crippen LogP contribution in [-0.2, 0) is 9.53 Å². The Morgan fingerprint density at radius 2 is 2.08 bits per heavy atom. The molecule has 3 rings (SSSR count). The van der Waals surface area contributed by atoms with E-state index in [4.69, 9.17) is 17.0 Å². The van der Waals surface area contributed by atoms with Gasteiger partial charge in [0.1, 0.15) is 5.70 Å². The van der Waals surface area contributed by atoms with Gasteiger partial charge in [0, 0.05) is 25.9 Å². The summed E-state index contributed by atoms with van der Waals surface area (Å²) in [5.74, 6) is -0.0972. The van der Waals surface area contributed by atoms with E-state index in [1.54, 1.807) is 12.0 Å². The second-order valence-electron chi connectivity index (χ2n) is 6.17. The van der Waals surface area contributed by atoms with Crippen LogP contribution < -0.4 is 10.2 Å². The third kappa shape index (κ3) is 3.44. The standard InChI is InChI=1S/C18H23N3O2S/c1-13-11-15(20-7-3-4-8-20)6-5-14(13)12-16-17(22)21(9-10-23-2)18(24)19-16/h5-6,11-12H,3-4,7-10H2,1-2H3,(H,19,24). The lowest BCUT2D eigenvalue weighted by atomic mass is 10.1. The first-order valence-electron chi connectivity index (χ1n) is 8.29. The average Bonchev–Trinajstić information content (AvgIpc) is 3.18. The maximum Gasteiger partial charge on any atom is 0.276 e. The molecule has 0 saturated carbocycles. The van der Waals surface area contributed by atoms with E-state index in [-0.39, 0.29) is 5.91 Å². The Morgan fingerprint density at radius 1 is 1.33 bits per heavy atom. The van der Waals surface area contributed by atoms with Crippen molar-refractivity contribution >= 4 is 35.0 Å². The van der Waals surface area contributed by atoms with Crippen LogP contribution in [0.15, 0.2) is 23.9 Å². The van der Waals surface area contributed by atoms with Crippen LogP contribution in [0.5, 0.6) is 0 Å². The number of thiocarbonyl (C=S) groups is 1. The Bertz CT molecular complexity index is 681. The first-order chi connectivity index (χ1) is 11.6. The molecule has 5 nitrogen and oxygen atoms in total. The van der Waals surface area contributed by atoms with Crippen molar-refractivity contribution in [3.8, 4) is 0 Å². The summed E-state index contributed by atoms with van der Waals surface area (Å²) < 4.78 is 5.03. The first kappa shape index (κ1) is 16.9. The highest BCUT2D eigenvalue weighted by Crippen LogP contribution is 2.25. The molecule has 0 aliphatic carbocycles. The summed E-state index contributed by atoms with van der Waals surface area (Å²) in [6.45, 7) is 5.26. The molecule has 24 heavy (non-hydrogen) atoms. The van der Waals surface area contributed by atoms with Gasteiger partial charge in [0.15, 0.2) is 5.11 Å². The molecule has 6 heteroatoms. The van der Waals surface area contributed by atoms with E-state index in [2.05, 4.69) is 35.3 Å². The minimum Gasteiger partial charge on any atom is -0.383 e. The van der Waals surface area contributed by atoms with Crippen molar-refractivity contribution in [2.45, 2.75) is 19.8 Å². The van der Waals surface area contributed by atoms with Crippen LogP contribution in [0.1, 0.15) is 24.0 Å². The maximum atomic E-state index is 12.5. The molecule has 2 saturated heterocycles. The van der Waals surface area contributed by atoms with Gasteiger partial charge in [0.25, 0.3) is 5.91 Å². The molecule has 0 radical (unpaired) electrons. The van der Waals surface area contributed by atoms with Gasteiger partial charge in [0.05, 0.1) is 13.2 Å². The van der Waals surface area contributed by atoms with Crippen LogP contribution in [0.25, 0.3) is 6.08 Å². The molecule has 0 atom stereocenters. The molecular weight excluding hydrogens is 322 g/mol. The minimum absolute atomic E-state index is 0.0972. The second-order valence-corrected chi connectivity index (χ2v) is 6.56. The van der Waals surface area contributed by atoms with Crippen molar-refractivity contribution < 1.29 is 9.53 Å². The van der Waals surface area contributed by atoms with Crippen molar-refractivity contribution in [3.63, 3.8) is 0 Å². The number of aryl methyl sites for hydroxylation is 1. The van der Waals surface area contributed by atoms with E-state index in [0.717, 1.165) is 24.2 Å². The number of hydrogen-bond donors (Lipinski definition) is 1. The van der Waals surface area contributed by atoms with Crippen molar-refractivity contribution in [3.05, 3.63) is 35.0 Å². The summed E-state index contributed by atoms with van der Waals surface area (Å²) in [6, 6.07) is 6.40. The number of nitrogens with zero attached hydrogens (tertiary/aromatic N) is 2. The lowest BCUT2D eigenvalue weighted by molar-refractivity contribution is -0.122. The lowest BCUT2D eigenvalue weighted by Gasteiger charge is -2.18. The molecule has 128 valence electrons. The molecule has 0 spiro atoms. The zero-order chi connectivity index (χ0) is 17.1. The largest absolute Gasteiger partial charge is 0.383 e. The predicted molar refractivity (Wildman–Crippen MR) is 99.9 cm³/mol. The molecule has 0 unspecified atom stereocenters. The number of hydrogen-bond acceptors (Lipinski definition) is 4. The topological polar surface area (TPSA) is 44.8 Å². The van der Waals surface area contributed by atoms with E-state index in [0.29, 0.717) is 24.0 Å². The molecule has 2 aliphatic rings. The van der Waals surface area contributed by atoms with Crippen LogP contribution in [0.4, 0.5) is 5.69 Å². The van der Waals surface area contributed by atoms with Gasteiger partial charge in [-0.25, -0.2) is 0 Å². The van der Waals surface area contributed by atoms with Gasteiger partial charge >= 0.3 is 0 Å². The number of nitrogens with one attached hydrogen (secondary N) is 1. The lowest BCUT2D eigenvalue weighted by Crippen LogP contribution is -2.33. The quantitative estimate of drug-likeness (QED) is 0.655. The Labute approximate surface area is 148 Å². The molecule has 0 aromatic heterocycles. The average molecular weight is 345 g/mol. The van der Waals surface area contributed by atoms with Crippen LogP contribution in [0.3, 0.4) is 0 Å². The predicted octanol–water partition coefficient (Wildman–Crippen LogP) is 2.30. The third-order valence-electron chi connectivity index (χ3n) is 4.51. The summed E-state index contributed by atoms with van der Waals surface area (Å²) in [6.07, 6.45) is 4.40. The molecule has 0 bridgehead atoms. The van der Waals surface area contributed by atoms with Gasteiger partial charge in [-0.15, -0.1) is 0 Å². The van der Waals surface area contributed by atoms with Crippen molar-refractivity contribution in [2.24, 2.45) is 0 Å². The summed E-state index contributed by atoms with van der Waals surface area (Å²) in [5.41, 5.74) is 3.97. The molecule has 1 N–H and O–H groups in total. The highest BCUT2D eigenvalue weighted by atomic mass is 32.1. The molecule has 2 aliphatic heterocycles. The molecule has 2 fully saturated rings. The fourth-order valence-electron chi connectivity index (χ4n) is 3.11. The number of anilines is 1. The Morgan fingerprint density at radius 3 is 2.75 bits per heavy atom. The van der Waals surface area contributed by atoms with Gasteiger partial charge in [-0.2, -0.15) is 0 Å². The van der Waals surface area contributed by atoms with Crippen molar-refractivity contribution in [1.82, 2.24) is 10.2 Å². The monoisotopic (exact) mass is 345 g/mol. The zero-order valence-electron chi connectivity index (χ0n) is 14.2. The number of ether oxygens (including phenoxy) is 1. The summed E-state index contributed by atoms with van der Waals surface area (Å²) in [7, 11) is 1.61. The van der Waals surface area contributed by atoms with E-state index in [9.17, 15) is 4.79 Å². The van der Waals surface area contributed by atoms with Crippen LogP contribution >= 0.6 is 12.2 Å². The van der Waals surface area contributed by atoms with Crippen LogP contribution in [-0.4, -0.2) is 49.3 Å². The van der Waals surface area contributed by atoms with E-state index < -0.39 is 0 Å². The smallest absolute Gasteiger partial charge is 0.276 e. The molecule has 1 aromatic rings. The van der Waals surface area contributed by atoms with Gasteiger partial charge in [0.2, 0.25) is 0 Å². The number of amides is 1. The highest BCUT2D eigenvalue weighted by molar-refractivity contribution is 7.80. The number of benzene rings is 1. The fraction of sp³-hybridized carbons (Fsp3) is 0.444. The van der Waals surface area contributed by atoms with Crippen LogP contribution in [0, 0.1) is 6.92 Å². The summed E-state index contributed by atoms with van der Waals surface area (Å²) in [5, 5.41) is 3.45. The van der Waals surface area contributed by atoms with Gasteiger partial charge in [-0.3, -0.25) is 9.69 Å². The molecule has 2 heterocycles. The number of rotatable bonds is 5. The maximum absolute atomic E-state index is 12.5. The number of methoxy groups -OCH3 is 1. The summed E-state index contributed by atoms with van der Waals surface area (Å²) >= 11 is 5.24. The van der Waals surface area contributed by atoms with Gasteiger partial charge in [-0.05, 0) is 61.3 Å². The van der Waals surface area contributed by atoms with Crippen molar-refractivity contribution in [1.29, 1.82) is 0 Å². The van der Waals surface area contributed by atoms with E-state index in [1.807, 2.05) is 6.08 Å². The first-order valence-corrected chi connectivity index (χ1v) is 8.70. The Hall–Kier alpha value is -1.92.